The summed E-state index contributed by atoms with van der Waals surface area (Å²) in [6.45, 7) is 2.23. The van der Waals surface area contributed by atoms with Crippen LogP contribution in [0.3, 0.4) is 0 Å². The normalized spacial score (nSPS) is 11.8. The molecule has 0 bridgehead atoms. The van der Waals surface area contributed by atoms with E-state index in [4.69, 9.17) is 0 Å². The van der Waals surface area contributed by atoms with Crippen LogP contribution in [-0.2, 0) is 0 Å². The first-order chi connectivity index (χ1) is 5.41. The van der Waals surface area contributed by atoms with E-state index in [9.17, 15) is 0 Å². The monoisotopic (exact) mass is 216 g/mol. The van der Waals surface area contributed by atoms with Crippen LogP contribution in [0.2, 0.25) is 0 Å². The van der Waals surface area contributed by atoms with Crippen LogP contribution in [-0.4, -0.2) is 5.33 Å². The molecule has 0 aliphatic rings. The SMILES string of the molecule is CCCCC/C=C/C=C/CBr. The molecule has 11 heavy (non-hydrogen) atoms. The summed E-state index contributed by atoms with van der Waals surface area (Å²) in [6, 6.07) is 0. The largest absolute Gasteiger partial charge is 0.0883 e. The zero-order valence-electron chi connectivity index (χ0n) is 7.22. The molecule has 0 aromatic rings. The number of rotatable bonds is 6. The van der Waals surface area contributed by atoms with Crippen molar-refractivity contribution in [2.24, 2.45) is 0 Å². The van der Waals surface area contributed by atoms with Gasteiger partial charge in [-0.1, -0.05) is 60.0 Å². The fourth-order valence-electron chi connectivity index (χ4n) is 0.817. The van der Waals surface area contributed by atoms with Crippen LogP contribution in [0.4, 0.5) is 0 Å². The number of halogens is 1. The van der Waals surface area contributed by atoms with Gasteiger partial charge in [-0.3, -0.25) is 0 Å². The fourth-order valence-corrected chi connectivity index (χ4v) is 1.03. The molecule has 1 heteroatoms. The van der Waals surface area contributed by atoms with Crippen molar-refractivity contribution in [3.8, 4) is 0 Å². The molecule has 0 saturated carbocycles. The van der Waals surface area contributed by atoms with Gasteiger partial charge in [-0.05, 0) is 12.8 Å². The lowest BCUT2D eigenvalue weighted by molar-refractivity contribution is 0.729. The maximum Gasteiger partial charge on any atom is 0.0215 e. The number of hydrogen-bond donors (Lipinski definition) is 0. The highest BCUT2D eigenvalue weighted by Crippen LogP contribution is 1.99. The van der Waals surface area contributed by atoms with E-state index in [-0.39, 0.29) is 0 Å². The minimum Gasteiger partial charge on any atom is -0.0883 e. The Hall–Kier alpha value is -0.0400. The summed E-state index contributed by atoms with van der Waals surface area (Å²) in [4.78, 5) is 0. The molecular weight excluding hydrogens is 200 g/mol. The third-order valence-electron chi connectivity index (χ3n) is 1.45. The Bertz CT molecular complexity index is 114. The molecule has 0 atom stereocenters. The molecule has 0 aromatic heterocycles. The van der Waals surface area contributed by atoms with Crippen LogP contribution < -0.4 is 0 Å². The first-order valence-electron chi connectivity index (χ1n) is 4.29. The predicted octanol–water partition coefficient (Wildman–Crippen LogP) is 4.07. The maximum atomic E-state index is 3.32. The quantitative estimate of drug-likeness (QED) is 0.357. The van der Waals surface area contributed by atoms with Gasteiger partial charge in [0.15, 0.2) is 0 Å². The summed E-state index contributed by atoms with van der Waals surface area (Å²) < 4.78 is 0. The lowest BCUT2D eigenvalue weighted by Crippen LogP contribution is -1.69. The van der Waals surface area contributed by atoms with Crippen molar-refractivity contribution in [3.63, 3.8) is 0 Å². The molecule has 0 unspecified atom stereocenters. The molecule has 0 saturated heterocycles. The Morgan fingerprint density at radius 1 is 1.09 bits per heavy atom. The molecule has 0 heterocycles. The molecule has 0 rings (SSSR count). The van der Waals surface area contributed by atoms with Crippen LogP contribution in [0.1, 0.15) is 32.6 Å². The first kappa shape index (κ1) is 11.0. The van der Waals surface area contributed by atoms with Crippen molar-refractivity contribution in [2.45, 2.75) is 32.6 Å². The van der Waals surface area contributed by atoms with Gasteiger partial charge in [-0.15, -0.1) is 0 Å². The van der Waals surface area contributed by atoms with E-state index in [0.717, 1.165) is 5.33 Å². The number of unbranched alkanes of at least 4 members (excludes halogenated alkanes) is 3. The molecule has 0 aliphatic carbocycles. The standard InChI is InChI=1S/C10H17Br/c1-2-3-4-5-6-7-8-9-10-11/h6-9H,2-5,10H2,1H3/b7-6+,9-8+. The Morgan fingerprint density at radius 3 is 2.45 bits per heavy atom. The van der Waals surface area contributed by atoms with Gasteiger partial charge in [0.1, 0.15) is 0 Å². The summed E-state index contributed by atoms with van der Waals surface area (Å²) >= 11 is 3.32. The van der Waals surface area contributed by atoms with Crippen molar-refractivity contribution in [1.29, 1.82) is 0 Å². The molecule has 0 amide bonds. The van der Waals surface area contributed by atoms with Gasteiger partial charge in [0.25, 0.3) is 0 Å². The van der Waals surface area contributed by atoms with Gasteiger partial charge < -0.3 is 0 Å². The van der Waals surface area contributed by atoms with Crippen LogP contribution in [0, 0.1) is 0 Å². The number of alkyl halides is 1. The Labute approximate surface area is 78.5 Å². The molecule has 0 aromatic carbocycles. The first-order valence-corrected chi connectivity index (χ1v) is 5.41. The fraction of sp³-hybridized carbons (Fsp3) is 0.600. The van der Waals surface area contributed by atoms with Gasteiger partial charge in [-0.25, -0.2) is 0 Å². The zero-order chi connectivity index (χ0) is 8.36. The second-order valence-electron chi connectivity index (χ2n) is 2.51. The summed E-state index contributed by atoms with van der Waals surface area (Å²) in [7, 11) is 0. The van der Waals surface area contributed by atoms with Gasteiger partial charge >= 0.3 is 0 Å². The third-order valence-corrected chi connectivity index (χ3v) is 1.82. The smallest absolute Gasteiger partial charge is 0.0215 e. The van der Waals surface area contributed by atoms with Crippen LogP contribution in [0.5, 0.6) is 0 Å². The molecule has 0 nitrogen and oxygen atoms in total. The van der Waals surface area contributed by atoms with Crippen molar-refractivity contribution in [1.82, 2.24) is 0 Å². The summed E-state index contributed by atoms with van der Waals surface area (Å²) in [5, 5.41) is 0.951. The van der Waals surface area contributed by atoms with Crippen molar-refractivity contribution < 1.29 is 0 Å². The third kappa shape index (κ3) is 9.96. The van der Waals surface area contributed by atoms with Gasteiger partial charge in [-0.2, -0.15) is 0 Å². The second-order valence-corrected chi connectivity index (χ2v) is 3.15. The van der Waals surface area contributed by atoms with E-state index in [1.807, 2.05) is 0 Å². The van der Waals surface area contributed by atoms with Gasteiger partial charge in [0.2, 0.25) is 0 Å². The van der Waals surface area contributed by atoms with E-state index in [1.165, 1.54) is 25.7 Å². The van der Waals surface area contributed by atoms with E-state index in [1.54, 1.807) is 0 Å². The average Bonchev–Trinajstić information content (AvgIpc) is 2.03. The molecule has 0 spiro atoms. The van der Waals surface area contributed by atoms with Crippen molar-refractivity contribution in [2.75, 3.05) is 5.33 Å². The van der Waals surface area contributed by atoms with E-state index in [0.29, 0.717) is 0 Å². The number of allylic oxidation sites excluding steroid dienone is 4. The Kier molecular flexibility index (Phi) is 9.92. The number of hydrogen-bond acceptors (Lipinski definition) is 0. The Balaban J connectivity index is 3.09. The lowest BCUT2D eigenvalue weighted by atomic mass is 10.2. The van der Waals surface area contributed by atoms with Crippen LogP contribution >= 0.6 is 15.9 Å². The van der Waals surface area contributed by atoms with Crippen LogP contribution in [0.25, 0.3) is 0 Å². The molecule has 0 fully saturated rings. The summed E-state index contributed by atoms with van der Waals surface area (Å²) in [5.74, 6) is 0. The highest BCUT2D eigenvalue weighted by atomic mass is 79.9. The van der Waals surface area contributed by atoms with Gasteiger partial charge in [0, 0.05) is 5.33 Å². The second kappa shape index (κ2) is 9.96. The highest BCUT2D eigenvalue weighted by molar-refractivity contribution is 9.09. The summed E-state index contributed by atoms with van der Waals surface area (Å²) in [5.41, 5.74) is 0. The predicted molar refractivity (Wildman–Crippen MR) is 56.2 cm³/mol. The average molecular weight is 217 g/mol. The molecule has 0 radical (unpaired) electrons. The lowest BCUT2D eigenvalue weighted by Gasteiger charge is -1.89. The van der Waals surface area contributed by atoms with Crippen molar-refractivity contribution >= 4 is 15.9 Å². The minimum absolute atomic E-state index is 0.951. The molecule has 0 N–H and O–H groups in total. The van der Waals surface area contributed by atoms with Gasteiger partial charge in [0.05, 0.1) is 0 Å². The molecule has 0 aliphatic heterocycles. The maximum absolute atomic E-state index is 3.32. The zero-order valence-corrected chi connectivity index (χ0v) is 8.81. The highest BCUT2D eigenvalue weighted by Gasteiger charge is 1.79. The van der Waals surface area contributed by atoms with Crippen LogP contribution in [0.15, 0.2) is 24.3 Å². The van der Waals surface area contributed by atoms with E-state index >= 15 is 0 Å². The minimum atomic E-state index is 0.951. The van der Waals surface area contributed by atoms with Crippen molar-refractivity contribution in [3.05, 3.63) is 24.3 Å². The summed E-state index contributed by atoms with van der Waals surface area (Å²) in [6.07, 6.45) is 13.7. The molecular formula is C10H17Br. The topological polar surface area (TPSA) is 0 Å². The molecule has 64 valence electrons. The van der Waals surface area contributed by atoms with E-state index < -0.39 is 0 Å². The Morgan fingerprint density at radius 2 is 1.82 bits per heavy atom. The van der Waals surface area contributed by atoms with E-state index in [2.05, 4.69) is 47.2 Å².